The summed E-state index contributed by atoms with van der Waals surface area (Å²) in [5.74, 6) is 0. The normalized spacial score (nSPS) is 14.2. The van der Waals surface area contributed by atoms with Crippen LogP contribution in [-0.2, 0) is 10.8 Å². The van der Waals surface area contributed by atoms with Crippen molar-refractivity contribution in [2.24, 2.45) is 0 Å². The molecule has 0 radical (unpaired) electrons. The molecule has 2 aliphatic rings. The summed E-state index contributed by atoms with van der Waals surface area (Å²) in [6, 6.07) is 75.0. The van der Waals surface area contributed by atoms with Crippen LogP contribution in [0.15, 0.2) is 200 Å². The van der Waals surface area contributed by atoms with Crippen LogP contribution in [0.4, 0.5) is 0 Å². The van der Waals surface area contributed by atoms with Crippen LogP contribution in [0.2, 0.25) is 0 Å². The number of benzene rings is 9. The van der Waals surface area contributed by atoms with Gasteiger partial charge in [0.1, 0.15) is 0 Å². The van der Waals surface area contributed by atoms with E-state index >= 15 is 0 Å². The largest absolute Gasteiger partial charge is 0.309 e. The Labute approximate surface area is 358 Å². The highest BCUT2D eigenvalue weighted by Crippen LogP contribution is 2.52. The first-order chi connectivity index (χ1) is 29.8. The average molecular weight is 780 g/mol. The zero-order valence-electron chi connectivity index (χ0n) is 35.0. The molecule has 0 saturated heterocycles. The van der Waals surface area contributed by atoms with Crippen molar-refractivity contribution in [3.8, 4) is 72.7 Å². The van der Waals surface area contributed by atoms with Gasteiger partial charge in [-0.2, -0.15) is 0 Å². The molecule has 61 heavy (non-hydrogen) atoms. The summed E-state index contributed by atoms with van der Waals surface area (Å²) in [5, 5.41) is 4.97. The van der Waals surface area contributed by atoms with Gasteiger partial charge < -0.3 is 4.57 Å². The third kappa shape index (κ3) is 5.33. The molecule has 0 atom stereocenters. The molecule has 9 aromatic carbocycles. The highest BCUT2D eigenvalue weighted by Gasteiger charge is 2.36. The van der Waals surface area contributed by atoms with Crippen LogP contribution in [0.3, 0.4) is 0 Å². The molecular formula is C60H45N. The van der Waals surface area contributed by atoms with Gasteiger partial charge >= 0.3 is 0 Å². The molecule has 0 saturated carbocycles. The lowest BCUT2D eigenvalue weighted by molar-refractivity contribution is 0.660. The average Bonchev–Trinajstić information content (AvgIpc) is 3.92. The Morgan fingerprint density at radius 1 is 0.295 bits per heavy atom. The summed E-state index contributed by atoms with van der Waals surface area (Å²) in [4.78, 5) is 0. The zero-order chi connectivity index (χ0) is 41.0. The maximum Gasteiger partial charge on any atom is 0.0535 e. The molecule has 0 unspecified atom stereocenters. The van der Waals surface area contributed by atoms with Crippen LogP contribution < -0.4 is 0 Å². The number of hydrogen-bond donors (Lipinski definition) is 0. The second-order valence-corrected chi connectivity index (χ2v) is 18.1. The van der Waals surface area contributed by atoms with Crippen molar-refractivity contribution in [2.45, 2.75) is 38.5 Å². The van der Waals surface area contributed by atoms with Gasteiger partial charge in [-0.15, -0.1) is 0 Å². The van der Waals surface area contributed by atoms with Crippen LogP contribution in [0.25, 0.3) is 94.3 Å². The zero-order valence-corrected chi connectivity index (χ0v) is 35.0. The Hall–Kier alpha value is -7.22. The maximum atomic E-state index is 2.48. The molecule has 0 N–H and O–H groups in total. The van der Waals surface area contributed by atoms with Crippen LogP contribution in [0, 0.1) is 0 Å². The second-order valence-electron chi connectivity index (χ2n) is 18.1. The Morgan fingerprint density at radius 2 is 0.754 bits per heavy atom. The van der Waals surface area contributed by atoms with Crippen molar-refractivity contribution in [1.29, 1.82) is 0 Å². The highest BCUT2D eigenvalue weighted by molar-refractivity contribution is 6.10. The van der Waals surface area contributed by atoms with E-state index in [9.17, 15) is 0 Å². The van der Waals surface area contributed by atoms with E-state index in [4.69, 9.17) is 0 Å². The fourth-order valence-electron chi connectivity index (χ4n) is 10.9. The first-order valence-corrected chi connectivity index (χ1v) is 21.6. The molecule has 0 amide bonds. The number of fused-ring (bicyclic) bond motifs is 8. The molecule has 0 aliphatic heterocycles. The molecule has 12 rings (SSSR count). The lowest BCUT2D eigenvalue weighted by atomic mass is 9.81. The summed E-state index contributed by atoms with van der Waals surface area (Å²) in [6.07, 6.45) is 0. The van der Waals surface area contributed by atoms with E-state index in [-0.39, 0.29) is 10.8 Å². The Kier molecular flexibility index (Phi) is 7.69. The van der Waals surface area contributed by atoms with Crippen LogP contribution in [-0.4, -0.2) is 4.57 Å². The van der Waals surface area contributed by atoms with Crippen molar-refractivity contribution >= 4 is 21.5 Å². The van der Waals surface area contributed by atoms with Crippen LogP contribution in [0.1, 0.15) is 49.9 Å². The molecule has 0 fully saturated rings. The van der Waals surface area contributed by atoms with E-state index in [1.165, 1.54) is 111 Å². The van der Waals surface area contributed by atoms with Gasteiger partial charge in [0.25, 0.3) is 0 Å². The summed E-state index contributed by atoms with van der Waals surface area (Å²) < 4.78 is 2.47. The third-order valence-electron chi connectivity index (χ3n) is 14.0. The summed E-state index contributed by atoms with van der Waals surface area (Å²) >= 11 is 0. The number of nitrogens with zero attached hydrogens (tertiary/aromatic N) is 1. The minimum absolute atomic E-state index is 0.0709. The lowest BCUT2D eigenvalue weighted by Gasteiger charge is -2.23. The standard InChI is InChI=1S/C60H45N/c1-59(2)53-24-13-11-21-46(53)48-28-26-41(35-55(48)59)45-23-15-20-40-33-51-43(34-50(40)45)32-44(61-57(38-16-7-5-8-17-38)30-31-58(61)39-18-9-6-10-19-39)37-52(51)42-27-29-49-47-22-12-14-25-54(47)60(3,4)56(49)36-42/h5-37H,1-4H3. The fraction of sp³-hybridized carbons (Fsp3) is 0.100. The van der Waals surface area contributed by atoms with Gasteiger partial charge in [-0.1, -0.05) is 179 Å². The summed E-state index contributed by atoms with van der Waals surface area (Å²) in [7, 11) is 0. The minimum Gasteiger partial charge on any atom is -0.309 e. The highest BCUT2D eigenvalue weighted by atomic mass is 15.0. The van der Waals surface area contributed by atoms with Gasteiger partial charge in [-0.3, -0.25) is 0 Å². The van der Waals surface area contributed by atoms with Crippen molar-refractivity contribution in [1.82, 2.24) is 4.57 Å². The second kappa shape index (κ2) is 13.1. The summed E-state index contributed by atoms with van der Waals surface area (Å²) in [6.45, 7) is 9.49. The number of aromatic nitrogens is 1. The van der Waals surface area contributed by atoms with Crippen molar-refractivity contribution in [2.75, 3.05) is 0 Å². The van der Waals surface area contributed by atoms with Gasteiger partial charge in [0, 0.05) is 16.5 Å². The molecular weight excluding hydrogens is 735 g/mol. The Balaban J connectivity index is 1.12. The Morgan fingerprint density at radius 3 is 1.33 bits per heavy atom. The predicted molar refractivity (Wildman–Crippen MR) is 258 cm³/mol. The molecule has 1 aromatic heterocycles. The van der Waals surface area contributed by atoms with Gasteiger partial charge in [0.2, 0.25) is 0 Å². The van der Waals surface area contributed by atoms with E-state index in [2.05, 4.69) is 232 Å². The quantitative estimate of drug-likeness (QED) is 0.153. The van der Waals surface area contributed by atoms with Gasteiger partial charge in [-0.25, -0.2) is 0 Å². The monoisotopic (exact) mass is 779 g/mol. The maximum absolute atomic E-state index is 2.48. The van der Waals surface area contributed by atoms with Crippen molar-refractivity contribution in [3.63, 3.8) is 0 Å². The molecule has 1 heterocycles. The van der Waals surface area contributed by atoms with Gasteiger partial charge in [0.15, 0.2) is 0 Å². The molecule has 1 heteroatoms. The molecule has 0 spiro atoms. The Bertz CT molecular complexity index is 3340. The first kappa shape index (κ1) is 35.7. The number of rotatable bonds is 5. The third-order valence-corrected chi connectivity index (χ3v) is 14.0. The van der Waals surface area contributed by atoms with E-state index in [0.717, 1.165) is 5.69 Å². The van der Waals surface area contributed by atoms with Gasteiger partial charge in [-0.05, 0) is 148 Å². The smallest absolute Gasteiger partial charge is 0.0535 e. The molecule has 10 aromatic rings. The molecule has 1 nitrogen and oxygen atoms in total. The number of hydrogen-bond acceptors (Lipinski definition) is 0. The lowest BCUT2D eigenvalue weighted by Crippen LogP contribution is -2.14. The van der Waals surface area contributed by atoms with Crippen LogP contribution in [0.5, 0.6) is 0 Å². The fourth-order valence-corrected chi connectivity index (χ4v) is 10.9. The van der Waals surface area contributed by atoms with E-state index in [1.54, 1.807) is 0 Å². The van der Waals surface area contributed by atoms with Gasteiger partial charge in [0.05, 0.1) is 11.4 Å². The van der Waals surface area contributed by atoms with E-state index < -0.39 is 0 Å². The topological polar surface area (TPSA) is 4.93 Å². The summed E-state index contributed by atoms with van der Waals surface area (Å²) in [5.41, 5.74) is 21.6. The molecule has 0 bridgehead atoms. The first-order valence-electron chi connectivity index (χ1n) is 21.6. The molecule has 290 valence electrons. The van der Waals surface area contributed by atoms with Crippen molar-refractivity contribution in [3.05, 3.63) is 222 Å². The van der Waals surface area contributed by atoms with Crippen LogP contribution >= 0.6 is 0 Å². The SMILES string of the molecule is CC1(C)c2ccccc2-c2ccc(-c3cccc4cc5c(-c6ccc7c(c6)C(C)(C)c6ccccc6-7)cc(-n6c(-c7ccccc7)ccc6-c6ccccc6)cc5cc34)cc21. The predicted octanol–water partition coefficient (Wildman–Crippen LogP) is 16.1. The van der Waals surface area contributed by atoms with E-state index in [0.29, 0.717) is 0 Å². The van der Waals surface area contributed by atoms with Crippen molar-refractivity contribution < 1.29 is 0 Å². The minimum atomic E-state index is -0.107. The molecule has 2 aliphatic carbocycles. The van der Waals surface area contributed by atoms with E-state index in [1.807, 2.05) is 0 Å².